The van der Waals surface area contributed by atoms with E-state index in [4.69, 9.17) is 21.4 Å². The van der Waals surface area contributed by atoms with E-state index in [0.717, 1.165) is 12.0 Å². The van der Waals surface area contributed by atoms with Gasteiger partial charge in [-0.2, -0.15) is 0 Å². The number of rotatable bonds is 6. The van der Waals surface area contributed by atoms with E-state index in [2.05, 4.69) is 0 Å². The second-order valence-corrected chi connectivity index (χ2v) is 6.01. The van der Waals surface area contributed by atoms with Crippen LogP contribution in [0.25, 0.3) is 0 Å². The Kier molecular flexibility index (Phi) is 6.24. The Bertz CT molecular complexity index is 567. The van der Waals surface area contributed by atoms with E-state index >= 15 is 0 Å². The minimum atomic E-state index is -0.926. The molecule has 0 spiro atoms. The summed E-state index contributed by atoms with van der Waals surface area (Å²) in [5, 5.41) is 9.50. The summed E-state index contributed by atoms with van der Waals surface area (Å²) in [6, 6.07) is 7.07. The number of hydrogen-bond donors (Lipinski definition) is 1. The molecule has 1 saturated heterocycles. The van der Waals surface area contributed by atoms with Crippen LogP contribution in [0.1, 0.15) is 18.4 Å². The van der Waals surface area contributed by atoms with E-state index in [-0.39, 0.29) is 25.1 Å². The maximum absolute atomic E-state index is 12.7. The highest BCUT2D eigenvalue weighted by atomic mass is 35.5. The number of carbonyl (C=O) groups excluding carboxylic acids is 1. The number of carboxylic acids is 1. The highest BCUT2D eigenvalue weighted by Crippen LogP contribution is 2.17. The number of carboxylic acid groups (broad SMARTS) is 1. The highest BCUT2D eigenvalue weighted by molar-refractivity contribution is 6.30. The lowest BCUT2D eigenvalue weighted by Crippen LogP contribution is -2.43. The van der Waals surface area contributed by atoms with Gasteiger partial charge in [-0.3, -0.25) is 4.79 Å². The zero-order valence-electron chi connectivity index (χ0n) is 13.1. The normalized spacial score (nSPS) is 17.3. The summed E-state index contributed by atoms with van der Waals surface area (Å²) in [4.78, 5) is 26.8. The minimum Gasteiger partial charge on any atom is -0.481 e. The first kappa shape index (κ1) is 17.6. The van der Waals surface area contributed by atoms with Crippen LogP contribution in [0.3, 0.4) is 0 Å². The number of nitrogens with zero attached hydrogens (tertiary/aromatic N) is 2. The molecule has 2 amide bonds. The van der Waals surface area contributed by atoms with Gasteiger partial charge in [0, 0.05) is 38.3 Å². The van der Waals surface area contributed by atoms with Gasteiger partial charge in [0.15, 0.2) is 0 Å². The Morgan fingerprint density at radius 1 is 1.48 bits per heavy atom. The SMILES string of the molecule is CO[C@H]1CCN(C(=O)N(CCC(=O)O)Cc2cccc(Cl)c2)C1. The molecule has 0 bridgehead atoms. The fraction of sp³-hybridized carbons (Fsp3) is 0.500. The molecule has 23 heavy (non-hydrogen) atoms. The Morgan fingerprint density at radius 2 is 2.26 bits per heavy atom. The fourth-order valence-corrected chi connectivity index (χ4v) is 2.84. The van der Waals surface area contributed by atoms with Crippen molar-refractivity contribution in [2.75, 3.05) is 26.7 Å². The number of amides is 2. The van der Waals surface area contributed by atoms with Crippen molar-refractivity contribution in [3.63, 3.8) is 0 Å². The number of halogens is 1. The van der Waals surface area contributed by atoms with Crippen LogP contribution in [0.4, 0.5) is 4.79 Å². The third-order valence-electron chi connectivity index (χ3n) is 3.88. The summed E-state index contributed by atoms with van der Waals surface area (Å²) in [5.41, 5.74) is 0.874. The minimum absolute atomic E-state index is 0.0476. The average molecular weight is 341 g/mol. The number of methoxy groups -OCH3 is 1. The Balaban J connectivity index is 2.06. The Hall–Kier alpha value is -1.79. The van der Waals surface area contributed by atoms with Crippen LogP contribution in [0, 0.1) is 0 Å². The van der Waals surface area contributed by atoms with E-state index in [1.807, 2.05) is 12.1 Å². The molecular weight excluding hydrogens is 320 g/mol. The summed E-state index contributed by atoms with van der Waals surface area (Å²) < 4.78 is 5.28. The summed E-state index contributed by atoms with van der Waals surface area (Å²) in [5.74, 6) is -0.926. The molecular formula is C16H21ClN2O4. The number of ether oxygens (including phenoxy) is 1. The lowest BCUT2D eigenvalue weighted by atomic mass is 10.2. The number of hydrogen-bond acceptors (Lipinski definition) is 3. The number of benzene rings is 1. The van der Waals surface area contributed by atoms with Gasteiger partial charge in [-0.05, 0) is 24.1 Å². The molecule has 1 aromatic carbocycles. The zero-order valence-corrected chi connectivity index (χ0v) is 13.8. The van der Waals surface area contributed by atoms with Gasteiger partial charge < -0.3 is 19.6 Å². The first-order valence-corrected chi connectivity index (χ1v) is 7.90. The monoisotopic (exact) mass is 340 g/mol. The molecule has 6 nitrogen and oxygen atoms in total. The van der Waals surface area contributed by atoms with Crippen LogP contribution in [-0.2, 0) is 16.1 Å². The van der Waals surface area contributed by atoms with Gasteiger partial charge in [-0.25, -0.2) is 4.79 Å². The number of aliphatic carboxylic acids is 1. The smallest absolute Gasteiger partial charge is 0.320 e. The van der Waals surface area contributed by atoms with E-state index < -0.39 is 5.97 Å². The molecule has 0 radical (unpaired) electrons. The van der Waals surface area contributed by atoms with E-state index in [1.54, 1.807) is 29.0 Å². The average Bonchev–Trinajstić information content (AvgIpc) is 2.99. The van der Waals surface area contributed by atoms with Crippen LogP contribution in [0.5, 0.6) is 0 Å². The van der Waals surface area contributed by atoms with Crippen molar-refractivity contribution < 1.29 is 19.4 Å². The predicted molar refractivity (Wildman–Crippen MR) is 86.5 cm³/mol. The van der Waals surface area contributed by atoms with Crippen LogP contribution < -0.4 is 0 Å². The molecule has 1 heterocycles. The van der Waals surface area contributed by atoms with Gasteiger partial charge in [0.1, 0.15) is 0 Å². The zero-order chi connectivity index (χ0) is 16.8. The van der Waals surface area contributed by atoms with E-state index in [1.165, 1.54) is 0 Å². The molecule has 7 heteroatoms. The van der Waals surface area contributed by atoms with Gasteiger partial charge in [0.2, 0.25) is 0 Å². The summed E-state index contributed by atoms with van der Waals surface area (Å²) >= 11 is 5.98. The maximum atomic E-state index is 12.7. The van der Waals surface area contributed by atoms with Crippen molar-refractivity contribution >= 4 is 23.6 Å². The quantitative estimate of drug-likeness (QED) is 0.863. The molecule has 126 valence electrons. The lowest BCUT2D eigenvalue weighted by Gasteiger charge is -2.28. The van der Waals surface area contributed by atoms with Crippen molar-refractivity contribution in [1.82, 2.24) is 9.80 Å². The molecule has 1 fully saturated rings. The standard InChI is InChI=1S/C16H21ClN2O4/c1-23-14-5-7-19(11-14)16(22)18(8-6-15(20)21)10-12-3-2-4-13(17)9-12/h2-4,9,14H,5-8,10-11H2,1H3,(H,20,21)/t14-/m0/s1. The molecule has 1 aliphatic heterocycles. The first-order valence-electron chi connectivity index (χ1n) is 7.52. The van der Waals surface area contributed by atoms with Gasteiger partial charge >= 0.3 is 12.0 Å². The molecule has 1 aromatic rings. The molecule has 2 rings (SSSR count). The van der Waals surface area contributed by atoms with Crippen LogP contribution in [-0.4, -0.2) is 59.8 Å². The second-order valence-electron chi connectivity index (χ2n) is 5.57. The van der Waals surface area contributed by atoms with Crippen molar-refractivity contribution in [2.24, 2.45) is 0 Å². The second kappa shape index (κ2) is 8.17. The molecule has 0 aliphatic carbocycles. The summed E-state index contributed by atoms with van der Waals surface area (Å²) in [7, 11) is 1.63. The third-order valence-corrected chi connectivity index (χ3v) is 4.11. The predicted octanol–water partition coefficient (Wildman–Crippen LogP) is 2.46. The van der Waals surface area contributed by atoms with Crippen molar-refractivity contribution in [1.29, 1.82) is 0 Å². The largest absolute Gasteiger partial charge is 0.481 e. The van der Waals surface area contributed by atoms with Crippen molar-refractivity contribution in [3.05, 3.63) is 34.9 Å². The van der Waals surface area contributed by atoms with Crippen molar-refractivity contribution in [3.8, 4) is 0 Å². The number of carbonyl (C=O) groups is 2. The van der Waals surface area contributed by atoms with Crippen molar-refractivity contribution in [2.45, 2.75) is 25.5 Å². The van der Waals surface area contributed by atoms with Crippen LogP contribution in [0.15, 0.2) is 24.3 Å². The van der Waals surface area contributed by atoms with E-state index in [0.29, 0.717) is 24.7 Å². The topological polar surface area (TPSA) is 70.1 Å². The highest BCUT2D eigenvalue weighted by Gasteiger charge is 2.29. The number of likely N-dealkylation sites (tertiary alicyclic amines) is 1. The number of urea groups is 1. The molecule has 1 N–H and O–H groups in total. The van der Waals surface area contributed by atoms with Crippen LogP contribution >= 0.6 is 11.6 Å². The van der Waals surface area contributed by atoms with Crippen LogP contribution in [0.2, 0.25) is 5.02 Å². The molecule has 1 aliphatic rings. The van der Waals surface area contributed by atoms with E-state index in [9.17, 15) is 9.59 Å². The molecule has 0 unspecified atom stereocenters. The summed E-state index contributed by atoms with van der Waals surface area (Å²) in [6.45, 7) is 1.65. The fourth-order valence-electron chi connectivity index (χ4n) is 2.62. The first-order chi connectivity index (χ1) is 11.0. The lowest BCUT2D eigenvalue weighted by molar-refractivity contribution is -0.137. The Morgan fingerprint density at radius 3 is 2.87 bits per heavy atom. The molecule has 0 saturated carbocycles. The molecule has 0 aromatic heterocycles. The van der Waals surface area contributed by atoms with Gasteiger partial charge in [-0.1, -0.05) is 23.7 Å². The van der Waals surface area contributed by atoms with Gasteiger partial charge in [0.25, 0.3) is 0 Å². The Labute approximate surface area is 140 Å². The van der Waals surface area contributed by atoms with Gasteiger partial charge in [-0.15, -0.1) is 0 Å². The third kappa shape index (κ3) is 5.11. The molecule has 1 atom stereocenters. The van der Waals surface area contributed by atoms with Gasteiger partial charge in [0.05, 0.1) is 12.5 Å². The summed E-state index contributed by atoms with van der Waals surface area (Å²) in [6.07, 6.45) is 0.756. The maximum Gasteiger partial charge on any atom is 0.320 e.